The van der Waals surface area contributed by atoms with Crippen LogP contribution in [0.4, 0.5) is 10.5 Å². The van der Waals surface area contributed by atoms with Gasteiger partial charge >= 0.3 is 6.03 Å². The maximum atomic E-state index is 12.0. The zero-order valence-corrected chi connectivity index (χ0v) is 14.0. The molecule has 0 saturated heterocycles. The zero-order chi connectivity index (χ0) is 15.9. The molecule has 0 saturated carbocycles. The summed E-state index contributed by atoms with van der Waals surface area (Å²) < 4.78 is 0. The maximum Gasteiger partial charge on any atom is 0.319 e. The Bertz CT molecular complexity index is 448. The first-order valence-corrected chi connectivity index (χ1v) is 7.75. The lowest BCUT2D eigenvalue weighted by Crippen LogP contribution is -2.37. The Morgan fingerprint density at radius 1 is 1.14 bits per heavy atom. The molecule has 0 heterocycles. The average Bonchev–Trinajstić information content (AvgIpc) is 2.43. The monoisotopic (exact) mass is 291 g/mol. The summed E-state index contributed by atoms with van der Waals surface area (Å²) in [7, 11) is 0. The summed E-state index contributed by atoms with van der Waals surface area (Å²) in [6.45, 7) is 14.2. The number of carbonyl (C=O) groups is 1. The lowest BCUT2D eigenvalue weighted by Gasteiger charge is -2.23. The first kappa shape index (κ1) is 17.5. The molecule has 0 spiro atoms. The fourth-order valence-electron chi connectivity index (χ4n) is 2.28. The van der Waals surface area contributed by atoms with Gasteiger partial charge in [0.2, 0.25) is 0 Å². The van der Waals surface area contributed by atoms with Gasteiger partial charge in [0.1, 0.15) is 0 Å². The molecule has 0 aromatic heterocycles. The van der Waals surface area contributed by atoms with Crippen LogP contribution in [0.3, 0.4) is 0 Å². The minimum absolute atomic E-state index is 0.00505. The van der Waals surface area contributed by atoms with E-state index in [9.17, 15) is 4.79 Å². The Morgan fingerprint density at radius 3 is 2.33 bits per heavy atom. The van der Waals surface area contributed by atoms with Crippen molar-refractivity contribution in [3.63, 3.8) is 0 Å². The van der Waals surface area contributed by atoms with Crippen molar-refractivity contribution in [3.8, 4) is 0 Å². The quantitative estimate of drug-likeness (QED) is 0.843. The highest BCUT2D eigenvalue weighted by molar-refractivity contribution is 5.90. The number of urea groups is 1. The van der Waals surface area contributed by atoms with E-state index in [0.717, 1.165) is 30.9 Å². The largest absolute Gasteiger partial charge is 0.337 e. The molecule has 0 fully saturated rings. The predicted molar refractivity (Wildman–Crippen MR) is 90.0 cm³/mol. The van der Waals surface area contributed by atoms with Crippen molar-refractivity contribution < 1.29 is 4.79 Å². The van der Waals surface area contributed by atoms with Crippen LogP contribution >= 0.6 is 0 Å². The van der Waals surface area contributed by atoms with Crippen LogP contribution in [-0.4, -0.2) is 37.1 Å². The molecule has 2 amide bonds. The van der Waals surface area contributed by atoms with Gasteiger partial charge in [-0.05, 0) is 30.1 Å². The number of hydrogen-bond donors (Lipinski definition) is 2. The van der Waals surface area contributed by atoms with Crippen LogP contribution in [0.1, 0.15) is 40.2 Å². The highest BCUT2D eigenvalue weighted by Gasteiger charge is 2.18. The van der Waals surface area contributed by atoms with Crippen molar-refractivity contribution in [1.29, 1.82) is 0 Å². The van der Waals surface area contributed by atoms with E-state index in [1.165, 1.54) is 0 Å². The molecular formula is C17H29N3O. The smallest absolute Gasteiger partial charge is 0.319 e. The molecule has 21 heavy (non-hydrogen) atoms. The van der Waals surface area contributed by atoms with E-state index in [2.05, 4.69) is 56.2 Å². The Morgan fingerprint density at radius 2 is 1.76 bits per heavy atom. The third kappa shape index (κ3) is 5.76. The lowest BCUT2D eigenvalue weighted by molar-refractivity contribution is 0.247. The Labute approximate surface area is 128 Å². The van der Waals surface area contributed by atoms with Crippen molar-refractivity contribution in [2.45, 2.75) is 40.0 Å². The van der Waals surface area contributed by atoms with Gasteiger partial charge in [-0.3, -0.25) is 0 Å². The molecule has 0 bridgehead atoms. The topological polar surface area (TPSA) is 44.4 Å². The molecule has 1 rings (SSSR count). The number of para-hydroxylation sites is 1. The van der Waals surface area contributed by atoms with E-state index in [4.69, 9.17) is 0 Å². The first-order chi connectivity index (χ1) is 9.88. The number of nitrogens with zero attached hydrogens (tertiary/aromatic N) is 1. The molecule has 4 nitrogen and oxygen atoms in total. The molecule has 0 unspecified atom stereocenters. The van der Waals surface area contributed by atoms with Gasteiger partial charge in [-0.25, -0.2) is 4.79 Å². The fourth-order valence-corrected chi connectivity index (χ4v) is 2.28. The van der Waals surface area contributed by atoms with Gasteiger partial charge < -0.3 is 15.5 Å². The second-order valence-corrected chi connectivity index (χ2v) is 6.20. The summed E-state index contributed by atoms with van der Waals surface area (Å²) >= 11 is 0. The average molecular weight is 291 g/mol. The first-order valence-electron chi connectivity index (χ1n) is 7.75. The summed E-state index contributed by atoms with van der Waals surface area (Å²) in [5.74, 6) is 0. The van der Waals surface area contributed by atoms with Gasteiger partial charge in [-0.15, -0.1) is 0 Å². The Balaban J connectivity index is 2.56. The van der Waals surface area contributed by atoms with E-state index < -0.39 is 0 Å². The summed E-state index contributed by atoms with van der Waals surface area (Å²) in [5, 5.41) is 5.88. The third-order valence-corrected chi connectivity index (χ3v) is 3.59. The number of rotatable bonds is 6. The molecule has 0 aliphatic rings. The van der Waals surface area contributed by atoms with E-state index in [1.54, 1.807) is 0 Å². The number of hydrogen-bond acceptors (Lipinski definition) is 2. The summed E-state index contributed by atoms with van der Waals surface area (Å²) in [6.07, 6.45) is 0. The van der Waals surface area contributed by atoms with Crippen molar-refractivity contribution in [3.05, 3.63) is 29.8 Å². The molecule has 2 N–H and O–H groups in total. The SMILES string of the molecule is CCN(CC)CCNC(=O)Nc1ccccc1C(C)(C)C. The number of amides is 2. The Hall–Kier alpha value is -1.55. The molecule has 0 radical (unpaired) electrons. The predicted octanol–water partition coefficient (Wildman–Crippen LogP) is 3.45. The van der Waals surface area contributed by atoms with Gasteiger partial charge in [-0.2, -0.15) is 0 Å². The molecule has 0 atom stereocenters. The van der Waals surface area contributed by atoms with Crippen LogP contribution < -0.4 is 10.6 Å². The number of anilines is 1. The van der Waals surface area contributed by atoms with E-state index in [-0.39, 0.29) is 11.4 Å². The van der Waals surface area contributed by atoms with Gasteiger partial charge in [0.05, 0.1) is 0 Å². The van der Waals surface area contributed by atoms with Crippen LogP contribution in [-0.2, 0) is 5.41 Å². The molecule has 118 valence electrons. The van der Waals surface area contributed by atoms with Gasteiger partial charge in [-0.1, -0.05) is 52.8 Å². The second kappa shape index (κ2) is 8.03. The van der Waals surface area contributed by atoms with Crippen LogP contribution in [0, 0.1) is 0 Å². The molecule has 1 aromatic rings. The summed E-state index contributed by atoms with van der Waals surface area (Å²) in [4.78, 5) is 14.3. The highest BCUT2D eigenvalue weighted by atomic mass is 16.2. The van der Waals surface area contributed by atoms with Crippen molar-refractivity contribution >= 4 is 11.7 Å². The molecule has 0 aliphatic carbocycles. The maximum absolute atomic E-state index is 12.0. The lowest BCUT2D eigenvalue weighted by atomic mass is 9.86. The minimum atomic E-state index is -0.140. The number of benzene rings is 1. The second-order valence-electron chi connectivity index (χ2n) is 6.20. The van der Waals surface area contributed by atoms with Crippen molar-refractivity contribution in [2.24, 2.45) is 0 Å². The molecule has 0 aliphatic heterocycles. The zero-order valence-electron chi connectivity index (χ0n) is 14.0. The van der Waals surface area contributed by atoms with Gasteiger partial charge in [0.15, 0.2) is 0 Å². The third-order valence-electron chi connectivity index (χ3n) is 3.59. The minimum Gasteiger partial charge on any atom is -0.337 e. The standard InChI is InChI=1S/C17H29N3O/c1-6-20(7-2)13-12-18-16(21)19-15-11-9-8-10-14(15)17(3,4)5/h8-11H,6-7,12-13H2,1-5H3,(H2,18,19,21). The van der Waals surface area contributed by atoms with Crippen molar-refractivity contribution in [2.75, 3.05) is 31.5 Å². The van der Waals surface area contributed by atoms with E-state index >= 15 is 0 Å². The van der Waals surface area contributed by atoms with E-state index in [1.807, 2.05) is 18.2 Å². The summed E-state index contributed by atoms with van der Waals surface area (Å²) in [5.41, 5.74) is 2.03. The normalized spacial score (nSPS) is 11.5. The summed E-state index contributed by atoms with van der Waals surface area (Å²) in [6, 6.07) is 7.82. The van der Waals surface area contributed by atoms with Gasteiger partial charge in [0, 0.05) is 18.8 Å². The van der Waals surface area contributed by atoms with Crippen LogP contribution in [0.2, 0.25) is 0 Å². The van der Waals surface area contributed by atoms with Crippen LogP contribution in [0.15, 0.2) is 24.3 Å². The number of carbonyl (C=O) groups excluding carboxylic acids is 1. The fraction of sp³-hybridized carbons (Fsp3) is 0.588. The van der Waals surface area contributed by atoms with Crippen LogP contribution in [0.25, 0.3) is 0 Å². The molecular weight excluding hydrogens is 262 g/mol. The Kier molecular flexibility index (Phi) is 6.69. The number of likely N-dealkylation sites (N-methyl/N-ethyl adjacent to an activating group) is 1. The van der Waals surface area contributed by atoms with Crippen LogP contribution in [0.5, 0.6) is 0 Å². The van der Waals surface area contributed by atoms with Gasteiger partial charge in [0.25, 0.3) is 0 Å². The molecule has 4 heteroatoms. The highest BCUT2D eigenvalue weighted by Crippen LogP contribution is 2.28. The molecule has 1 aromatic carbocycles. The number of nitrogens with one attached hydrogen (secondary N) is 2. The van der Waals surface area contributed by atoms with E-state index in [0.29, 0.717) is 6.54 Å². The van der Waals surface area contributed by atoms with Crippen molar-refractivity contribution in [1.82, 2.24) is 10.2 Å².